The van der Waals surface area contributed by atoms with Crippen LogP contribution in [0.15, 0.2) is 12.2 Å². The van der Waals surface area contributed by atoms with Crippen molar-refractivity contribution in [3.63, 3.8) is 0 Å². The van der Waals surface area contributed by atoms with Crippen LogP contribution in [0.2, 0.25) is 0 Å². The number of methoxy groups -OCH3 is 1. The van der Waals surface area contributed by atoms with E-state index in [0.29, 0.717) is 0 Å². The van der Waals surface area contributed by atoms with Crippen LogP contribution in [-0.2, 0) is 9.47 Å². The van der Waals surface area contributed by atoms with E-state index in [1.165, 1.54) is 0 Å². The van der Waals surface area contributed by atoms with Gasteiger partial charge in [0.15, 0.2) is 5.60 Å². The number of ether oxygens (including phenoxy) is 2. The molecule has 1 heterocycles. The first-order valence-corrected chi connectivity index (χ1v) is 6.28. The number of rotatable bonds is 1. The average molecular weight is 293 g/mol. The Kier molecular flexibility index (Phi) is 3.13. The van der Waals surface area contributed by atoms with Gasteiger partial charge in [0.25, 0.3) is 0 Å². The smallest absolute Gasteiger partial charge is 0.419 e. The Labute approximate surface area is 115 Å². The van der Waals surface area contributed by atoms with E-state index in [4.69, 9.17) is 9.47 Å². The van der Waals surface area contributed by atoms with Crippen LogP contribution in [0.1, 0.15) is 27.2 Å². The molecule has 2 aliphatic rings. The molecule has 1 fully saturated rings. The molecule has 2 rings (SSSR count). The van der Waals surface area contributed by atoms with Gasteiger partial charge in [-0.2, -0.15) is 13.2 Å². The summed E-state index contributed by atoms with van der Waals surface area (Å²) < 4.78 is 49.6. The molecule has 0 aromatic rings. The molecule has 1 aliphatic heterocycles. The first-order chi connectivity index (χ1) is 8.95. The number of carbonyl (C=O) groups excluding carboxylic acids is 1. The first-order valence-electron chi connectivity index (χ1n) is 6.28. The highest BCUT2D eigenvalue weighted by atomic mass is 19.4. The number of hydrogen-bond donors (Lipinski definition) is 0. The van der Waals surface area contributed by atoms with Gasteiger partial charge in [-0.3, -0.25) is 4.90 Å². The highest BCUT2D eigenvalue weighted by Crippen LogP contribution is 2.53. The summed E-state index contributed by atoms with van der Waals surface area (Å²) in [7, 11) is 1.02. The Bertz CT molecular complexity index is 447. The van der Waals surface area contributed by atoms with Crippen molar-refractivity contribution in [3.05, 3.63) is 12.2 Å². The molecule has 1 amide bonds. The molecule has 0 saturated carbocycles. The van der Waals surface area contributed by atoms with Gasteiger partial charge < -0.3 is 9.47 Å². The highest BCUT2D eigenvalue weighted by molar-refractivity contribution is 5.73. The number of halogens is 3. The topological polar surface area (TPSA) is 38.8 Å². The molecule has 0 radical (unpaired) electrons. The van der Waals surface area contributed by atoms with E-state index in [0.717, 1.165) is 12.0 Å². The van der Waals surface area contributed by atoms with Gasteiger partial charge in [0.05, 0.1) is 12.1 Å². The van der Waals surface area contributed by atoms with Crippen molar-refractivity contribution >= 4 is 6.09 Å². The Morgan fingerprint density at radius 2 is 1.80 bits per heavy atom. The third-order valence-corrected chi connectivity index (χ3v) is 3.56. The average Bonchev–Trinajstić information content (AvgIpc) is 2.88. The Morgan fingerprint density at radius 1 is 1.25 bits per heavy atom. The van der Waals surface area contributed by atoms with Gasteiger partial charge in [0, 0.05) is 13.5 Å². The standard InChI is InChI=1S/C13H18F3NO3/c1-10(2,3)20-9(18)17-8-12(19-4,13(14,15)16)7-11(17)5-6-11/h5-6H,7-8H2,1-4H3. The molecule has 0 bridgehead atoms. The van der Waals surface area contributed by atoms with E-state index in [9.17, 15) is 18.0 Å². The molecule has 1 saturated heterocycles. The molecule has 20 heavy (non-hydrogen) atoms. The van der Waals surface area contributed by atoms with E-state index in [-0.39, 0.29) is 6.42 Å². The molecule has 1 unspecified atom stereocenters. The second-order valence-electron chi connectivity index (χ2n) is 6.26. The van der Waals surface area contributed by atoms with Crippen molar-refractivity contribution in [1.82, 2.24) is 4.90 Å². The maximum absolute atomic E-state index is 13.2. The largest absolute Gasteiger partial charge is 0.444 e. The number of hydrogen-bond acceptors (Lipinski definition) is 3. The van der Waals surface area contributed by atoms with Gasteiger partial charge >= 0.3 is 12.3 Å². The van der Waals surface area contributed by atoms with Crippen molar-refractivity contribution in [1.29, 1.82) is 0 Å². The van der Waals surface area contributed by atoms with Crippen LogP contribution in [-0.4, -0.2) is 47.6 Å². The highest BCUT2D eigenvalue weighted by Gasteiger charge is 2.68. The van der Waals surface area contributed by atoms with Crippen molar-refractivity contribution in [2.75, 3.05) is 13.7 Å². The fourth-order valence-electron chi connectivity index (χ4n) is 2.40. The summed E-state index contributed by atoms with van der Waals surface area (Å²) in [5, 5.41) is 0. The lowest BCUT2D eigenvalue weighted by molar-refractivity contribution is -0.263. The second-order valence-corrected chi connectivity index (χ2v) is 6.26. The Morgan fingerprint density at radius 3 is 2.15 bits per heavy atom. The molecule has 0 N–H and O–H groups in total. The lowest BCUT2D eigenvalue weighted by atomic mass is 9.97. The molecule has 7 heteroatoms. The monoisotopic (exact) mass is 293 g/mol. The Balaban J connectivity index is 2.22. The predicted molar refractivity (Wildman–Crippen MR) is 65.2 cm³/mol. The summed E-state index contributed by atoms with van der Waals surface area (Å²) in [6, 6.07) is 0. The number of carbonyl (C=O) groups is 1. The van der Waals surface area contributed by atoms with Crippen molar-refractivity contribution in [3.8, 4) is 0 Å². The van der Waals surface area contributed by atoms with Crippen LogP contribution in [0, 0.1) is 0 Å². The fourth-order valence-corrected chi connectivity index (χ4v) is 2.40. The summed E-state index contributed by atoms with van der Waals surface area (Å²) >= 11 is 0. The molecule has 1 atom stereocenters. The van der Waals surface area contributed by atoms with Gasteiger partial charge in [-0.25, -0.2) is 4.79 Å². The summed E-state index contributed by atoms with van der Waals surface area (Å²) in [5.41, 5.74) is -4.09. The first kappa shape index (κ1) is 15.2. The van der Waals surface area contributed by atoms with Crippen LogP contribution in [0.5, 0.6) is 0 Å². The van der Waals surface area contributed by atoms with Crippen molar-refractivity contribution < 1.29 is 27.4 Å². The minimum Gasteiger partial charge on any atom is -0.444 e. The molecule has 1 aliphatic carbocycles. The summed E-state index contributed by atoms with van der Waals surface area (Å²) in [6.07, 6.45) is -2.48. The maximum atomic E-state index is 13.2. The number of likely N-dealkylation sites (tertiary alicyclic amines) is 1. The normalized spacial score (nSPS) is 28.1. The van der Waals surface area contributed by atoms with Gasteiger partial charge in [-0.1, -0.05) is 12.2 Å². The van der Waals surface area contributed by atoms with E-state index >= 15 is 0 Å². The molecule has 114 valence electrons. The van der Waals surface area contributed by atoms with Gasteiger partial charge in [-0.15, -0.1) is 0 Å². The SMILES string of the molecule is COC1(C(F)(F)F)CN(C(=O)OC(C)(C)C)C2(C=C2)C1. The van der Waals surface area contributed by atoms with Gasteiger partial charge in [-0.05, 0) is 20.8 Å². The molecule has 1 spiro atoms. The van der Waals surface area contributed by atoms with Crippen LogP contribution in [0.4, 0.5) is 18.0 Å². The maximum Gasteiger partial charge on any atom is 0.419 e. The van der Waals surface area contributed by atoms with Gasteiger partial charge in [0.2, 0.25) is 0 Å². The number of nitrogens with zero attached hydrogens (tertiary/aromatic N) is 1. The fraction of sp³-hybridized carbons (Fsp3) is 0.769. The van der Waals surface area contributed by atoms with E-state index in [1.807, 2.05) is 0 Å². The molecule has 0 aromatic heterocycles. The lowest BCUT2D eigenvalue weighted by Crippen LogP contribution is -2.50. The number of alkyl halides is 3. The van der Waals surface area contributed by atoms with E-state index < -0.39 is 35.6 Å². The third-order valence-electron chi connectivity index (χ3n) is 3.56. The molecule has 0 aromatic carbocycles. The zero-order valence-electron chi connectivity index (χ0n) is 11.9. The summed E-state index contributed by atoms with van der Waals surface area (Å²) in [4.78, 5) is 13.2. The quantitative estimate of drug-likeness (QED) is 0.698. The van der Waals surface area contributed by atoms with Crippen LogP contribution in [0.25, 0.3) is 0 Å². The Hall–Kier alpha value is -1.24. The van der Waals surface area contributed by atoms with Crippen LogP contribution >= 0.6 is 0 Å². The zero-order chi connectivity index (χ0) is 15.4. The summed E-state index contributed by atoms with van der Waals surface area (Å²) in [6.45, 7) is 4.44. The second kappa shape index (κ2) is 4.13. The minimum absolute atomic E-state index is 0.320. The number of amides is 1. The molecule has 4 nitrogen and oxygen atoms in total. The van der Waals surface area contributed by atoms with Crippen molar-refractivity contribution in [2.45, 2.75) is 50.1 Å². The lowest BCUT2D eigenvalue weighted by Gasteiger charge is -2.30. The predicted octanol–water partition coefficient (Wildman–Crippen LogP) is 2.88. The third kappa shape index (κ3) is 2.39. The molecular weight excluding hydrogens is 275 g/mol. The molecular formula is C13H18F3NO3. The zero-order valence-corrected chi connectivity index (χ0v) is 11.9. The van der Waals surface area contributed by atoms with Gasteiger partial charge in [0.1, 0.15) is 5.60 Å². The minimum atomic E-state index is -4.55. The van der Waals surface area contributed by atoms with Crippen LogP contribution in [0.3, 0.4) is 0 Å². The summed E-state index contributed by atoms with van der Waals surface area (Å²) in [5.74, 6) is 0. The van der Waals surface area contributed by atoms with Crippen LogP contribution < -0.4 is 0 Å². The van der Waals surface area contributed by atoms with E-state index in [2.05, 4.69) is 0 Å². The van der Waals surface area contributed by atoms with E-state index in [1.54, 1.807) is 32.9 Å². The van der Waals surface area contributed by atoms with Crippen molar-refractivity contribution in [2.24, 2.45) is 0 Å².